The molecule has 4 saturated heterocycles. The number of hydrogen-bond acceptors (Lipinski definition) is 10. The predicted molar refractivity (Wildman–Crippen MR) is 229 cm³/mol. The number of aromatic nitrogens is 2. The highest BCUT2D eigenvalue weighted by Gasteiger charge is 2.46. The van der Waals surface area contributed by atoms with E-state index in [2.05, 4.69) is 20.2 Å². The molecule has 0 saturated carbocycles. The molecule has 4 bridgehead atoms. The van der Waals surface area contributed by atoms with Crippen LogP contribution in [0.25, 0.3) is 32.8 Å². The summed E-state index contributed by atoms with van der Waals surface area (Å²) >= 11 is 7.05. The van der Waals surface area contributed by atoms with E-state index in [-0.39, 0.29) is 59.0 Å². The Labute approximate surface area is 350 Å². The number of halogens is 2. The van der Waals surface area contributed by atoms with Crippen molar-refractivity contribution in [1.82, 2.24) is 19.8 Å². The standard InChI is InChI=1S/C44H54ClFN6O6S/c1-26-19-27-11-8-9-12-32(27)33(20-26)36-35(45)21-34-38(37(36)46)47-40(48-39(34)50-22-28-13-14-29(23-50)52(28)42(54)58-44(5,6)7)56-18-10-17-51-30-15-16-31(51)25-59(55,24-30)49-41(53)57-43(2,3)4/h8-9,11-12,19-21,28-31H,10,13-18,22-25H2,1-7H3. The zero-order valence-electron chi connectivity index (χ0n) is 34.9. The molecule has 59 heavy (non-hydrogen) atoms. The van der Waals surface area contributed by atoms with Gasteiger partial charge in [0, 0.05) is 54.2 Å². The van der Waals surface area contributed by atoms with Crippen LogP contribution in [-0.4, -0.2) is 109 Å². The van der Waals surface area contributed by atoms with Gasteiger partial charge in [-0.25, -0.2) is 18.2 Å². The van der Waals surface area contributed by atoms with Gasteiger partial charge in [-0.1, -0.05) is 48.0 Å². The number of aryl methyl sites for hydroxylation is 1. The Bertz CT molecular complexity index is 2410. The van der Waals surface area contributed by atoms with Crippen LogP contribution in [0.1, 0.15) is 79.2 Å². The lowest BCUT2D eigenvalue weighted by molar-refractivity contribution is 0.0122. The second kappa shape index (κ2) is 15.6. The van der Waals surface area contributed by atoms with Gasteiger partial charge in [-0.3, -0.25) is 9.80 Å². The van der Waals surface area contributed by atoms with E-state index in [0.717, 1.165) is 42.0 Å². The first-order chi connectivity index (χ1) is 27.8. The highest BCUT2D eigenvalue weighted by Crippen LogP contribution is 2.43. The molecule has 1 aromatic heterocycles. The van der Waals surface area contributed by atoms with Crippen LogP contribution in [0.2, 0.25) is 5.02 Å². The smallest absolute Gasteiger partial charge is 0.442 e. The minimum absolute atomic E-state index is 0.0423. The Balaban J connectivity index is 1.07. The Morgan fingerprint density at radius 1 is 0.898 bits per heavy atom. The summed E-state index contributed by atoms with van der Waals surface area (Å²) in [6.45, 7) is 14.8. The molecule has 4 unspecified atom stereocenters. The van der Waals surface area contributed by atoms with Crippen molar-refractivity contribution < 1.29 is 32.4 Å². The summed E-state index contributed by atoms with van der Waals surface area (Å²) in [5, 5.41) is 2.57. The molecule has 4 aliphatic heterocycles. The molecule has 3 aromatic carbocycles. The molecule has 15 heteroatoms. The predicted octanol–water partition coefficient (Wildman–Crippen LogP) is 9.16. The third-order valence-electron chi connectivity index (χ3n) is 11.6. The van der Waals surface area contributed by atoms with E-state index < -0.39 is 32.8 Å². The molecule has 4 fully saturated rings. The topological polar surface area (TPSA) is 127 Å². The summed E-state index contributed by atoms with van der Waals surface area (Å²) < 4.78 is 52.4. The van der Waals surface area contributed by atoms with Crippen molar-refractivity contribution in [3.8, 4) is 17.1 Å². The Hall–Kier alpha value is -4.27. The molecule has 5 heterocycles. The van der Waals surface area contributed by atoms with Crippen LogP contribution in [0.15, 0.2) is 46.8 Å². The quantitative estimate of drug-likeness (QED) is 0.166. The van der Waals surface area contributed by atoms with Gasteiger partial charge in [-0.05, 0) is 109 Å². The number of piperazine rings is 1. The van der Waals surface area contributed by atoms with Crippen molar-refractivity contribution in [1.29, 1.82) is 0 Å². The van der Waals surface area contributed by atoms with Gasteiger partial charge in [-0.2, -0.15) is 9.97 Å². The zero-order chi connectivity index (χ0) is 42.0. The van der Waals surface area contributed by atoms with E-state index in [1.165, 1.54) is 0 Å². The van der Waals surface area contributed by atoms with Gasteiger partial charge in [0.15, 0.2) is 5.82 Å². The van der Waals surface area contributed by atoms with Gasteiger partial charge in [0.05, 0.1) is 33.4 Å². The summed E-state index contributed by atoms with van der Waals surface area (Å²) in [6, 6.07) is 13.5. The van der Waals surface area contributed by atoms with Gasteiger partial charge < -0.3 is 19.1 Å². The lowest BCUT2D eigenvalue weighted by Gasteiger charge is -2.42. The average Bonchev–Trinajstić information content (AvgIpc) is 3.55. The monoisotopic (exact) mass is 848 g/mol. The van der Waals surface area contributed by atoms with Crippen LogP contribution in [0, 0.1) is 12.7 Å². The van der Waals surface area contributed by atoms with Crippen molar-refractivity contribution in [2.24, 2.45) is 4.36 Å². The highest BCUT2D eigenvalue weighted by atomic mass is 35.5. The normalized spacial score (nSPS) is 24.5. The molecular weight excluding hydrogens is 795 g/mol. The summed E-state index contributed by atoms with van der Waals surface area (Å²) in [5.41, 5.74) is 0.690. The first-order valence-corrected chi connectivity index (χ1v) is 22.9. The Kier molecular flexibility index (Phi) is 11.0. The molecule has 0 radical (unpaired) electrons. The molecule has 2 amide bonds. The molecule has 0 spiro atoms. The minimum Gasteiger partial charge on any atom is -0.463 e. The van der Waals surface area contributed by atoms with E-state index in [1.54, 1.807) is 26.8 Å². The third-order valence-corrected chi connectivity index (χ3v) is 14.2. The van der Waals surface area contributed by atoms with Gasteiger partial charge in [0.25, 0.3) is 0 Å². The summed E-state index contributed by atoms with van der Waals surface area (Å²) in [6.07, 6.45) is 2.92. The molecule has 4 atom stereocenters. The summed E-state index contributed by atoms with van der Waals surface area (Å²) in [5.74, 6) is 0.594. The second-order valence-electron chi connectivity index (χ2n) is 18.5. The van der Waals surface area contributed by atoms with E-state index >= 15 is 4.39 Å². The molecule has 8 rings (SSSR count). The fourth-order valence-corrected chi connectivity index (χ4v) is 12.2. The molecule has 4 aliphatic rings. The van der Waals surface area contributed by atoms with E-state index in [4.69, 9.17) is 35.8 Å². The maximum Gasteiger partial charge on any atom is 0.442 e. The maximum atomic E-state index is 17.3. The SMILES string of the molecule is Cc1cc(-c2c(Cl)cc3c(N4CC5CCC(C4)N5C(=O)OC(C)(C)C)nc(OCCCN4C5CCC4CS(=O)(=NC(=O)OC(C)(C)C)C5)nc3c2F)c2ccccc2c1. The molecule has 12 nitrogen and oxygen atoms in total. The molecule has 0 aliphatic carbocycles. The number of anilines is 1. The number of rotatable bonds is 7. The van der Waals surface area contributed by atoms with Crippen LogP contribution in [0.5, 0.6) is 6.01 Å². The number of carbonyl (C=O) groups is 2. The summed E-state index contributed by atoms with van der Waals surface area (Å²) in [7, 11) is -2.73. The number of carbonyl (C=O) groups excluding carboxylic acids is 2. The Morgan fingerprint density at radius 3 is 2.20 bits per heavy atom. The lowest BCUT2D eigenvalue weighted by Crippen LogP contribution is -2.57. The molecule has 316 valence electrons. The van der Waals surface area contributed by atoms with Gasteiger partial charge >= 0.3 is 18.2 Å². The average molecular weight is 849 g/mol. The first-order valence-electron chi connectivity index (χ1n) is 20.6. The van der Waals surface area contributed by atoms with Crippen molar-refractivity contribution in [3.63, 3.8) is 0 Å². The minimum atomic E-state index is -2.73. The van der Waals surface area contributed by atoms with Crippen molar-refractivity contribution in [3.05, 3.63) is 58.9 Å². The van der Waals surface area contributed by atoms with Crippen LogP contribution in [-0.2, 0) is 19.2 Å². The highest BCUT2D eigenvalue weighted by molar-refractivity contribution is 7.94. The van der Waals surface area contributed by atoms with Gasteiger partial charge in [0.1, 0.15) is 22.5 Å². The largest absolute Gasteiger partial charge is 0.463 e. The molecular formula is C44H54ClFN6O6S. The van der Waals surface area contributed by atoms with Gasteiger partial charge in [-0.15, -0.1) is 4.36 Å². The van der Waals surface area contributed by atoms with Crippen LogP contribution < -0.4 is 9.64 Å². The maximum absolute atomic E-state index is 17.3. The van der Waals surface area contributed by atoms with E-state index in [9.17, 15) is 13.8 Å². The number of nitrogens with zero attached hydrogens (tertiary/aromatic N) is 6. The van der Waals surface area contributed by atoms with Crippen LogP contribution in [0.3, 0.4) is 0 Å². The second-order valence-corrected chi connectivity index (χ2v) is 21.3. The van der Waals surface area contributed by atoms with Crippen LogP contribution >= 0.6 is 11.6 Å². The number of fused-ring (bicyclic) bond motifs is 6. The third kappa shape index (κ3) is 8.68. The first kappa shape index (κ1) is 41.5. The van der Waals surface area contributed by atoms with Crippen molar-refractivity contribution in [2.75, 3.05) is 42.6 Å². The lowest BCUT2D eigenvalue weighted by atomic mass is 9.94. The molecule has 0 N–H and O–H groups in total. The number of ether oxygens (including phenoxy) is 3. The van der Waals surface area contributed by atoms with Crippen molar-refractivity contribution in [2.45, 2.75) is 116 Å². The fraction of sp³-hybridized carbons (Fsp3) is 0.545. The fourth-order valence-electron chi connectivity index (χ4n) is 9.38. The number of hydrogen-bond donors (Lipinski definition) is 0. The van der Waals surface area contributed by atoms with E-state index in [1.807, 2.05) is 62.9 Å². The number of benzene rings is 3. The Morgan fingerprint density at radius 2 is 1.54 bits per heavy atom. The summed E-state index contributed by atoms with van der Waals surface area (Å²) in [4.78, 5) is 41.7. The van der Waals surface area contributed by atoms with E-state index in [0.29, 0.717) is 54.3 Å². The number of amides is 2. The molecule has 4 aromatic rings. The van der Waals surface area contributed by atoms with Gasteiger partial charge in [0.2, 0.25) is 0 Å². The zero-order valence-corrected chi connectivity index (χ0v) is 36.5. The van der Waals surface area contributed by atoms with Crippen molar-refractivity contribution >= 4 is 61.0 Å². The van der Waals surface area contributed by atoms with Crippen LogP contribution in [0.4, 0.5) is 19.8 Å².